The van der Waals surface area contributed by atoms with Crippen molar-refractivity contribution in [1.29, 1.82) is 0 Å². The molecule has 0 atom stereocenters. The van der Waals surface area contributed by atoms with Crippen molar-refractivity contribution >= 4 is 19.7 Å². The Labute approximate surface area is 97.9 Å². The lowest BCUT2D eigenvalue weighted by atomic mass is 10.3. The van der Waals surface area contributed by atoms with E-state index in [0.717, 1.165) is 5.69 Å². The molecular formula is C10H9ClN2O2S. The maximum atomic E-state index is 11.4. The normalized spacial score (nSPS) is 11.6. The highest BCUT2D eigenvalue weighted by Crippen LogP contribution is 2.22. The average Bonchev–Trinajstić information content (AvgIpc) is 2.64. The minimum Gasteiger partial charge on any atom is -0.239 e. The Morgan fingerprint density at radius 2 is 1.94 bits per heavy atom. The second kappa shape index (κ2) is 3.92. The summed E-state index contributed by atoms with van der Waals surface area (Å²) in [5.41, 5.74) is 1.26. The van der Waals surface area contributed by atoms with E-state index in [0.29, 0.717) is 5.69 Å². The Bertz CT molecular complexity index is 619. The molecule has 2 rings (SSSR count). The number of hydrogen-bond acceptors (Lipinski definition) is 3. The Kier molecular flexibility index (Phi) is 2.73. The molecule has 1 aromatic heterocycles. The van der Waals surface area contributed by atoms with Crippen LogP contribution < -0.4 is 0 Å². The SMILES string of the molecule is Cc1ccn(-c2ccccc2S(=O)(=O)Cl)n1. The van der Waals surface area contributed by atoms with Crippen LogP contribution in [0, 0.1) is 6.92 Å². The number of rotatable bonds is 2. The molecule has 0 bridgehead atoms. The van der Waals surface area contributed by atoms with E-state index in [1.54, 1.807) is 30.5 Å². The van der Waals surface area contributed by atoms with Crippen molar-refractivity contribution in [3.05, 3.63) is 42.2 Å². The molecule has 16 heavy (non-hydrogen) atoms. The van der Waals surface area contributed by atoms with E-state index >= 15 is 0 Å². The first kappa shape index (κ1) is 11.2. The third-order valence-electron chi connectivity index (χ3n) is 2.10. The largest absolute Gasteiger partial charge is 0.263 e. The summed E-state index contributed by atoms with van der Waals surface area (Å²) < 4.78 is 24.2. The predicted molar refractivity (Wildman–Crippen MR) is 61.3 cm³/mol. The van der Waals surface area contributed by atoms with Gasteiger partial charge in [-0.3, -0.25) is 0 Å². The van der Waals surface area contributed by atoms with Crippen molar-refractivity contribution in [1.82, 2.24) is 9.78 Å². The molecule has 6 heteroatoms. The lowest BCUT2D eigenvalue weighted by Crippen LogP contribution is -2.02. The van der Waals surface area contributed by atoms with Crippen molar-refractivity contribution in [3.63, 3.8) is 0 Å². The Morgan fingerprint density at radius 1 is 1.25 bits per heavy atom. The van der Waals surface area contributed by atoms with E-state index in [1.807, 2.05) is 6.92 Å². The summed E-state index contributed by atoms with van der Waals surface area (Å²) in [5, 5.41) is 4.15. The van der Waals surface area contributed by atoms with Gasteiger partial charge in [0.05, 0.1) is 11.4 Å². The average molecular weight is 257 g/mol. The maximum absolute atomic E-state index is 11.4. The zero-order valence-corrected chi connectivity index (χ0v) is 10.0. The van der Waals surface area contributed by atoms with Crippen LogP contribution in [0.25, 0.3) is 5.69 Å². The monoisotopic (exact) mass is 256 g/mol. The molecular weight excluding hydrogens is 248 g/mol. The highest BCUT2D eigenvalue weighted by molar-refractivity contribution is 8.13. The smallest absolute Gasteiger partial charge is 0.239 e. The van der Waals surface area contributed by atoms with E-state index < -0.39 is 9.05 Å². The summed E-state index contributed by atoms with van der Waals surface area (Å²) in [6.45, 7) is 1.83. The second-order valence-corrected chi connectivity index (χ2v) is 5.84. The molecule has 0 fully saturated rings. The van der Waals surface area contributed by atoms with Crippen LogP contribution in [0.4, 0.5) is 0 Å². The molecule has 0 aliphatic rings. The Balaban J connectivity index is 2.66. The van der Waals surface area contributed by atoms with Gasteiger partial charge in [-0.05, 0) is 25.1 Å². The topological polar surface area (TPSA) is 52.0 Å². The van der Waals surface area contributed by atoms with Gasteiger partial charge in [-0.15, -0.1) is 0 Å². The van der Waals surface area contributed by atoms with Gasteiger partial charge in [0.2, 0.25) is 0 Å². The molecule has 0 saturated carbocycles. The summed E-state index contributed by atoms with van der Waals surface area (Å²) >= 11 is 0. The molecule has 0 unspecified atom stereocenters. The van der Waals surface area contributed by atoms with Gasteiger partial charge in [0, 0.05) is 16.9 Å². The fourth-order valence-corrected chi connectivity index (χ4v) is 2.45. The lowest BCUT2D eigenvalue weighted by molar-refractivity contribution is 0.608. The minimum atomic E-state index is -3.76. The number of nitrogens with zero attached hydrogens (tertiary/aromatic N) is 2. The zero-order valence-electron chi connectivity index (χ0n) is 8.46. The maximum Gasteiger partial charge on any atom is 0.263 e. The molecule has 1 heterocycles. The Hall–Kier alpha value is -1.33. The molecule has 0 aliphatic carbocycles. The summed E-state index contributed by atoms with van der Waals surface area (Å²) in [6, 6.07) is 8.25. The number of para-hydroxylation sites is 1. The van der Waals surface area contributed by atoms with E-state index in [-0.39, 0.29) is 4.90 Å². The van der Waals surface area contributed by atoms with Crippen LogP contribution in [0.2, 0.25) is 0 Å². The van der Waals surface area contributed by atoms with Crippen LogP contribution in [0.15, 0.2) is 41.4 Å². The molecule has 1 aromatic carbocycles. The molecule has 0 amide bonds. The highest BCUT2D eigenvalue weighted by atomic mass is 35.7. The van der Waals surface area contributed by atoms with Gasteiger partial charge in [-0.1, -0.05) is 12.1 Å². The number of aryl methyl sites for hydroxylation is 1. The first-order valence-corrected chi connectivity index (χ1v) is 6.86. The van der Waals surface area contributed by atoms with Gasteiger partial charge in [-0.25, -0.2) is 13.1 Å². The van der Waals surface area contributed by atoms with E-state index in [1.165, 1.54) is 10.7 Å². The first-order valence-electron chi connectivity index (χ1n) is 4.55. The van der Waals surface area contributed by atoms with Crippen molar-refractivity contribution < 1.29 is 8.42 Å². The molecule has 0 aliphatic heterocycles. The fraction of sp³-hybridized carbons (Fsp3) is 0.100. The quantitative estimate of drug-likeness (QED) is 0.774. The fourth-order valence-electron chi connectivity index (χ4n) is 1.40. The molecule has 0 spiro atoms. The van der Waals surface area contributed by atoms with Crippen LogP contribution in [-0.4, -0.2) is 18.2 Å². The van der Waals surface area contributed by atoms with Gasteiger partial charge in [0.1, 0.15) is 4.90 Å². The van der Waals surface area contributed by atoms with Crippen LogP contribution in [0.3, 0.4) is 0 Å². The number of hydrogen-bond donors (Lipinski definition) is 0. The molecule has 0 radical (unpaired) electrons. The van der Waals surface area contributed by atoms with Gasteiger partial charge >= 0.3 is 0 Å². The predicted octanol–water partition coefficient (Wildman–Crippen LogP) is 2.11. The third kappa shape index (κ3) is 2.10. The summed E-state index contributed by atoms with van der Waals surface area (Å²) in [5.74, 6) is 0. The standard InChI is InChI=1S/C10H9ClN2O2S/c1-8-6-7-13(12-8)9-4-2-3-5-10(9)16(11,14)15/h2-7H,1H3. The van der Waals surface area contributed by atoms with E-state index in [2.05, 4.69) is 5.10 Å². The lowest BCUT2D eigenvalue weighted by Gasteiger charge is -2.05. The number of aromatic nitrogens is 2. The van der Waals surface area contributed by atoms with Gasteiger partial charge in [-0.2, -0.15) is 5.10 Å². The number of halogens is 1. The van der Waals surface area contributed by atoms with Crippen molar-refractivity contribution in [3.8, 4) is 5.69 Å². The third-order valence-corrected chi connectivity index (χ3v) is 3.47. The zero-order chi connectivity index (χ0) is 11.8. The number of benzene rings is 1. The molecule has 0 N–H and O–H groups in total. The van der Waals surface area contributed by atoms with Crippen LogP contribution in [-0.2, 0) is 9.05 Å². The second-order valence-electron chi connectivity index (χ2n) is 3.31. The van der Waals surface area contributed by atoms with Crippen LogP contribution in [0.1, 0.15) is 5.69 Å². The van der Waals surface area contributed by atoms with Gasteiger partial charge < -0.3 is 0 Å². The van der Waals surface area contributed by atoms with Crippen LogP contribution >= 0.6 is 10.7 Å². The first-order chi connectivity index (χ1) is 7.48. The van der Waals surface area contributed by atoms with Crippen molar-refractivity contribution in [2.75, 3.05) is 0 Å². The summed E-state index contributed by atoms with van der Waals surface area (Å²) in [6.07, 6.45) is 1.69. The summed E-state index contributed by atoms with van der Waals surface area (Å²) in [4.78, 5) is 0.0553. The molecule has 0 saturated heterocycles. The molecule has 2 aromatic rings. The summed E-state index contributed by atoms with van der Waals surface area (Å²) in [7, 11) is 1.59. The van der Waals surface area contributed by atoms with Gasteiger partial charge in [0.25, 0.3) is 9.05 Å². The van der Waals surface area contributed by atoms with E-state index in [9.17, 15) is 8.42 Å². The van der Waals surface area contributed by atoms with E-state index in [4.69, 9.17) is 10.7 Å². The van der Waals surface area contributed by atoms with Gasteiger partial charge in [0.15, 0.2) is 0 Å². The highest BCUT2D eigenvalue weighted by Gasteiger charge is 2.16. The molecule has 84 valence electrons. The van der Waals surface area contributed by atoms with Crippen LogP contribution in [0.5, 0.6) is 0 Å². The van der Waals surface area contributed by atoms with Crippen molar-refractivity contribution in [2.45, 2.75) is 11.8 Å². The Morgan fingerprint density at radius 3 is 2.50 bits per heavy atom. The minimum absolute atomic E-state index is 0.0553. The van der Waals surface area contributed by atoms with Crippen molar-refractivity contribution in [2.24, 2.45) is 0 Å². The molecule has 4 nitrogen and oxygen atoms in total.